The molecule has 1 atom stereocenters. The summed E-state index contributed by atoms with van der Waals surface area (Å²) in [5, 5.41) is 9.71. The third-order valence-electron chi connectivity index (χ3n) is 2.90. The maximum absolute atomic E-state index is 12.2. The Labute approximate surface area is 109 Å². The summed E-state index contributed by atoms with van der Waals surface area (Å²) in [5.41, 5.74) is 0.340. The summed E-state index contributed by atoms with van der Waals surface area (Å²) >= 11 is 11.7. The highest BCUT2D eigenvalue weighted by Gasteiger charge is 2.29. The Kier molecular flexibility index (Phi) is 3.86. The Hall–Kier alpha value is -0.840. The number of aliphatic hydroxyl groups is 1. The largest absolute Gasteiger partial charge is 0.394 e. The second-order valence-corrected chi connectivity index (χ2v) is 4.76. The molecule has 0 aliphatic carbocycles. The lowest BCUT2D eigenvalue weighted by molar-refractivity contribution is 0.0677. The van der Waals surface area contributed by atoms with Gasteiger partial charge in [0, 0.05) is 12.7 Å². The Morgan fingerprint density at radius 3 is 3.06 bits per heavy atom. The van der Waals surface area contributed by atoms with Gasteiger partial charge < -0.3 is 10.0 Å². The fourth-order valence-electron chi connectivity index (χ4n) is 2.02. The van der Waals surface area contributed by atoms with Gasteiger partial charge in [-0.25, -0.2) is 4.98 Å². The summed E-state index contributed by atoms with van der Waals surface area (Å²) < 4.78 is 0. The number of nitrogens with zero attached hydrogens (tertiary/aromatic N) is 2. The zero-order valence-corrected chi connectivity index (χ0v) is 10.6. The highest BCUT2D eigenvalue weighted by Crippen LogP contribution is 2.24. The van der Waals surface area contributed by atoms with E-state index in [9.17, 15) is 9.90 Å². The van der Waals surface area contributed by atoms with Crippen LogP contribution in [-0.4, -0.2) is 40.1 Å². The molecule has 1 fully saturated rings. The van der Waals surface area contributed by atoms with E-state index in [4.69, 9.17) is 23.2 Å². The van der Waals surface area contributed by atoms with Crippen molar-refractivity contribution in [2.24, 2.45) is 0 Å². The lowest BCUT2D eigenvalue weighted by Crippen LogP contribution is -2.37. The van der Waals surface area contributed by atoms with E-state index in [1.807, 2.05) is 0 Å². The van der Waals surface area contributed by atoms with E-state index in [0.29, 0.717) is 12.1 Å². The standard InChI is InChI=1S/C11H12Cl2N2O2/c12-9-5-14-10(13)4-8(9)11(17)15-3-1-2-7(15)6-16/h4-5,7,16H,1-3,6H2/t7-/m1/s1. The van der Waals surface area contributed by atoms with Crippen LogP contribution in [0.15, 0.2) is 12.3 Å². The second-order valence-electron chi connectivity index (χ2n) is 3.96. The first-order chi connectivity index (χ1) is 8.13. The molecule has 1 amide bonds. The number of carbonyl (C=O) groups is 1. The smallest absolute Gasteiger partial charge is 0.255 e. The number of aromatic nitrogens is 1. The van der Waals surface area contributed by atoms with Crippen LogP contribution in [0, 0.1) is 0 Å². The first-order valence-electron chi connectivity index (χ1n) is 5.36. The van der Waals surface area contributed by atoms with Gasteiger partial charge >= 0.3 is 0 Å². The van der Waals surface area contributed by atoms with Crippen LogP contribution in [0.1, 0.15) is 23.2 Å². The van der Waals surface area contributed by atoms with Crippen molar-refractivity contribution in [3.63, 3.8) is 0 Å². The monoisotopic (exact) mass is 274 g/mol. The van der Waals surface area contributed by atoms with Crippen LogP contribution in [-0.2, 0) is 0 Å². The lowest BCUT2D eigenvalue weighted by Gasteiger charge is -2.23. The first kappa shape index (κ1) is 12.6. The van der Waals surface area contributed by atoms with Crippen LogP contribution in [0.3, 0.4) is 0 Å². The van der Waals surface area contributed by atoms with Gasteiger partial charge in [0.2, 0.25) is 0 Å². The van der Waals surface area contributed by atoms with Gasteiger partial charge in [-0.3, -0.25) is 4.79 Å². The SMILES string of the molecule is O=C(c1cc(Cl)ncc1Cl)N1CCC[C@@H]1CO. The third kappa shape index (κ3) is 2.54. The van der Waals surface area contributed by atoms with Crippen LogP contribution in [0.4, 0.5) is 0 Å². The van der Waals surface area contributed by atoms with E-state index in [0.717, 1.165) is 12.8 Å². The molecule has 17 heavy (non-hydrogen) atoms. The minimum Gasteiger partial charge on any atom is -0.394 e. The Balaban J connectivity index is 2.27. The molecule has 1 aromatic rings. The molecule has 1 aliphatic heterocycles. The van der Waals surface area contributed by atoms with Gasteiger partial charge in [0.1, 0.15) is 5.15 Å². The molecule has 92 valence electrons. The maximum atomic E-state index is 12.2. The fraction of sp³-hybridized carbons (Fsp3) is 0.455. The zero-order valence-electron chi connectivity index (χ0n) is 9.07. The zero-order chi connectivity index (χ0) is 12.4. The number of amides is 1. The molecule has 0 aromatic carbocycles. The van der Waals surface area contributed by atoms with Crippen molar-refractivity contribution in [2.45, 2.75) is 18.9 Å². The number of likely N-dealkylation sites (tertiary alicyclic amines) is 1. The first-order valence-corrected chi connectivity index (χ1v) is 6.12. The average Bonchev–Trinajstić information content (AvgIpc) is 2.79. The summed E-state index contributed by atoms with van der Waals surface area (Å²) in [7, 11) is 0. The summed E-state index contributed by atoms with van der Waals surface area (Å²) in [6.07, 6.45) is 3.08. The van der Waals surface area contributed by atoms with Crippen LogP contribution in [0.25, 0.3) is 0 Å². The van der Waals surface area contributed by atoms with E-state index in [2.05, 4.69) is 4.98 Å². The quantitative estimate of drug-likeness (QED) is 0.840. The van der Waals surface area contributed by atoms with Crippen LogP contribution in [0.5, 0.6) is 0 Å². The summed E-state index contributed by atoms with van der Waals surface area (Å²) in [4.78, 5) is 17.7. The van der Waals surface area contributed by atoms with Gasteiger partial charge in [-0.15, -0.1) is 0 Å². The van der Waals surface area contributed by atoms with Gasteiger partial charge in [-0.05, 0) is 18.9 Å². The molecule has 0 bridgehead atoms. The normalized spacial score (nSPS) is 19.7. The molecule has 0 unspecified atom stereocenters. The number of halogens is 2. The van der Waals surface area contributed by atoms with Gasteiger partial charge in [-0.1, -0.05) is 23.2 Å². The van der Waals surface area contributed by atoms with Gasteiger partial charge in [0.25, 0.3) is 5.91 Å². The molecular weight excluding hydrogens is 263 g/mol. The minimum atomic E-state index is -0.198. The van der Waals surface area contributed by atoms with E-state index in [1.165, 1.54) is 12.3 Å². The molecule has 1 N–H and O–H groups in total. The molecule has 2 rings (SSSR count). The molecule has 6 heteroatoms. The predicted octanol–water partition coefficient (Wildman–Crippen LogP) is 1.99. The topological polar surface area (TPSA) is 53.4 Å². The number of hydrogen-bond acceptors (Lipinski definition) is 3. The Morgan fingerprint density at radius 2 is 2.35 bits per heavy atom. The molecule has 0 radical (unpaired) electrons. The van der Waals surface area contributed by atoms with Crippen LogP contribution in [0.2, 0.25) is 10.2 Å². The Bertz CT molecular complexity index is 439. The van der Waals surface area contributed by atoms with E-state index in [-0.39, 0.29) is 28.7 Å². The van der Waals surface area contributed by atoms with Crippen LogP contribution >= 0.6 is 23.2 Å². The molecule has 1 aromatic heterocycles. The summed E-state index contributed by atoms with van der Waals surface area (Å²) in [6.45, 7) is 0.614. The molecule has 4 nitrogen and oxygen atoms in total. The minimum absolute atomic E-state index is 0.0256. The highest BCUT2D eigenvalue weighted by atomic mass is 35.5. The third-order valence-corrected chi connectivity index (χ3v) is 3.41. The van der Waals surface area contributed by atoms with E-state index >= 15 is 0 Å². The number of rotatable bonds is 2. The van der Waals surface area contributed by atoms with Crippen molar-refractivity contribution >= 4 is 29.1 Å². The summed E-state index contributed by atoms with van der Waals surface area (Å²) in [6, 6.07) is 1.34. The van der Waals surface area contributed by atoms with Crippen molar-refractivity contribution in [3.05, 3.63) is 28.0 Å². The number of aliphatic hydroxyl groups excluding tert-OH is 1. The van der Waals surface area contributed by atoms with Crippen LogP contribution < -0.4 is 0 Å². The highest BCUT2D eigenvalue weighted by molar-refractivity contribution is 6.35. The number of carbonyl (C=O) groups excluding carboxylic acids is 1. The van der Waals surface area contributed by atoms with Crippen molar-refractivity contribution < 1.29 is 9.90 Å². The maximum Gasteiger partial charge on any atom is 0.255 e. The second kappa shape index (κ2) is 5.21. The van der Waals surface area contributed by atoms with Gasteiger partial charge in [0.15, 0.2) is 0 Å². The number of pyridine rings is 1. The summed E-state index contributed by atoms with van der Waals surface area (Å²) in [5.74, 6) is -0.198. The molecule has 1 aliphatic rings. The molecule has 2 heterocycles. The Morgan fingerprint density at radius 1 is 1.59 bits per heavy atom. The molecular formula is C11H12Cl2N2O2. The predicted molar refractivity (Wildman–Crippen MR) is 65.4 cm³/mol. The van der Waals surface area contributed by atoms with E-state index < -0.39 is 0 Å². The van der Waals surface area contributed by atoms with E-state index in [1.54, 1.807) is 4.90 Å². The lowest BCUT2D eigenvalue weighted by atomic mass is 10.2. The van der Waals surface area contributed by atoms with Crippen molar-refractivity contribution in [1.82, 2.24) is 9.88 Å². The average molecular weight is 275 g/mol. The van der Waals surface area contributed by atoms with Crippen molar-refractivity contribution in [3.8, 4) is 0 Å². The molecule has 0 saturated carbocycles. The van der Waals surface area contributed by atoms with Gasteiger partial charge in [-0.2, -0.15) is 0 Å². The fourth-order valence-corrected chi connectivity index (χ4v) is 2.37. The molecule has 0 spiro atoms. The van der Waals surface area contributed by atoms with Crippen molar-refractivity contribution in [1.29, 1.82) is 0 Å². The van der Waals surface area contributed by atoms with Gasteiger partial charge in [0.05, 0.1) is 23.2 Å². The van der Waals surface area contributed by atoms with Crippen molar-refractivity contribution in [2.75, 3.05) is 13.2 Å². The number of hydrogen-bond donors (Lipinski definition) is 1. The molecule has 1 saturated heterocycles.